The first kappa shape index (κ1) is 16.8. The summed E-state index contributed by atoms with van der Waals surface area (Å²) in [7, 11) is 0. The van der Waals surface area contributed by atoms with Crippen molar-refractivity contribution in [3.63, 3.8) is 0 Å². The number of hydrogen-bond acceptors (Lipinski definition) is 4. The Bertz CT molecular complexity index is 765. The van der Waals surface area contributed by atoms with Gasteiger partial charge in [-0.25, -0.2) is 4.68 Å². The average Bonchev–Trinajstić information content (AvgIpc) is 3.07. The SMILES string of the molecule is Cc1nn(C(C)C)c(C)c1CN1CCc2nnn(C3CC(C)C3)c2C1. The van der Waals surface area contributed by atoms with Crippen LogP contribution in [-0.2, 0) is 19.5 Å². The van der Waals surface area contributed by atoms with Crippen molar-refractivity contribution in [2.75, 3.05) is 6.54 Å². The molecule has 6 heteroatoms. The summed E-state index contributed by atoms with van der Waals surface area (Å²) >= 11 is 0. The average molecular weight is 342 g/mol. The summed E-state index contributed by atoms with van der Waals surface area (Å²) in [5.74, 6) is 0.830. The van der Waals surface area contributed by atoms with E-state index in [4.69, 9.17) is 5.10 Å². The lowest BCUT2D eigenvalue weighted by Crippen LogP contribution is -2.34. The molecule has 4 rings (SSSR count). The molecule has 0 atom stereocenters. The van der Waals surface area contributed by atoms with Gasteiger partial charge >= 0.3 is 0 Å². The molecular weight excluding hydrogens is 312 g/mol. The molecular formula is C19H30N6. The van der Waals surface area contributed by atoms with E-state index in [1.54, 1.807) is 0 Å². The van der Waals surface area contributed by atoms with Crippen LogP contribution in [0.5, 0.6) is 0 Å². The van der Waals surface area contributed by atoms with Gasteiger partial charge in [-0.15, -0.1) is 5.10 Å². The van der Waals surface area contributed by atoms with Gasteiger partial charge in [0.2, 0.25) is 0 Å². The first-order valence-corrected chi connectivity index (χ1v) is 9.64. The number of nitrogens with zero attached hydrogens (tertiary/aromatic N) is 6. The molecule has 1 aliphatic carbocycles. The van der Waals surface area contributed by atoms with Crippen molar-refractivity contribution in [1.82, 2.24) is 29.7 Å². The quantitative estimate of drug-likeness (QED) is 0.856. The van der Waals surface area contributed by atoms with Crippen molar-refractivity contribution in [2.24, 2.45) is 5.92 Å². The van der Waals surface area contributed by atoms with Gasteiger partial charge in [0, 0.05) is 43.4 Å². The zero-order valence-corrected chi connectivity index (χ0v) is 16.2. The maximum atomic E-state index is 4.75. The highest BCUT2D eigenvalue weighted by Gasteiger charge is 2.32. The Labute approximate surface area is 150 Å². The van der Waals surface area contributed by atoms with Gasteiger partial charge in [0.25, 0.3) is 0 Å². The van der Waals surface area contributed by atoms with Gasteiger partial charge in [-0.2, -0.15) is 5.10 Å². The van der Waals surface area contributed by atoms with Crippen LogP contribution in [-0.4, -0.2) is 36.2 Å². The van der Waals surface area contributed by atoms with Crippen LogP contribution in [0.4, 0.5) is 0 Å². The van der Waals surface area contributed by atoms with E-state index < -0.39 is 0 Å². The van der Waals surface area contributed by atoms with Crippen LogP contribution < -0.4 is 0 Å². The van der Waals surface area contributed by atoms with Gasteiger partial charge in [-0.3, -0.25) is 9.58 Å². The highest BCUT2D eigenvalue weighted by Crippen LogP contribution is 2.38. The Hall–Kier alpha value is -1.69. The summed E-state index contributed by atoms with van der Waals surface area (Å²) in [5.41, 5.74) is 6.40. The van der Waals surface area contributed by atoms with E-state index in [0.29, 0.717) is 12.1 Å². The molecule has 2 aliphatic rings. The minimum absolute atomic E-state index is 0.409. The Kier molecular flexibility index (Phi) is 4.18. The fourth-order valence-electron chi connectivity index (χ4n) is 4.40. The number of rotatable bonds is 4. The summed E-state index contributed by atoms with van der Waals surface area (Å²) in [6, 6.07) is 0.977. The molecule has 0 saturated heterocycles. The van der Waals surface area contributed by atoms with Crippen molar-refractivity contribution >= 4 is 0 Å². The van der Waals surface area contributed by atoms with Crippen LogP contribution in [0.25, 0.3) is 0 Å². The fourth-order valence-corrected chi connectivity index (χ4v) is 4.40. The van der Waals surface area contributed by atoms with E-state index in [9.17, 15) is 0 Å². The minimum atomic E-state index is 0.409. The van der Waals surface area contributed by atoms with Gasteiger partial charge in [0.1, 0.15) is 0 Å². The number of aromatic nitrogens is 5. The molecule has 136 valence electrons. The summed E-state index contributed by atoms with van der Waals surface area (Å²) in [4.78, 5) is 2.53. The largest absolute Gasteiger partial charge is 0.293 e. The molecule has 0 amide bonds. The molecule has 0 bridgehead atoms. The maximum absolute atomic E-state index is 4.75. The van der Waals surface area contributed by atoms with Crippen LogP contribution in [0, 0.1) is 19.8 Å². The van der Waals surface area contributed by atoms with E-state index in [2.05, 4.69) is 59.2 Å². The highest BCUT2D eigenvalue weighted by atomic mass is 15.5. The van der Waals surface area contributed by atoms with Crippen molar-refractivity contribution in [2.45, 2.75) is 79.1 Å². The molecule has 3 heterocycles. The van der Waals surface area contributed by atoms with E-state index in [1.165, 1.54) is 35.5 Å². The molecule has 25 heavy (non-hydrogen) atoms. The summed E-state index contributed by atoms with van der Waals surface area (Å²) in [5, 5.41) is 13.7. The van der Waals surface area contributed by atoms with E-state index in [0.717, 1.165) is 37.7 Å². The first-order valence-electron chi connectivity index (χ1n) is 9.64. The van der Waals surface area contributed by atoms with E-state index in [-0.39, 0.29) is 0 Å². The third kappa shape index (κ3) is 2.90. The van der Waals surface area contributed by atoms with Gasteiger partial charge < -0.3 is 0 Å². The predicted octanol–water partition coefficient (Wildman–Crippen LogP) is 3.20. The number of fused-ring (bicyclic) bond motifs is 1. The molecule has 2 aromatic rings. The summed E-state index contributed by atoms with van der Waals surface area (Å²) < 4.78 is 4.38. The lowest BCUT2D eigenvalue weighted by molar-refractivity contribution is 0.177. The van der Waals surface area contributed by atoms with E-state index >= 15 is 0 Å². The Morgan fingerprint density at radius 1 is 1.20 bits per heavy atom. The number of aryl methyl sites for hydroxylation is 1. The monoisotopic (exact) mass is 342 g/mol. The number of hydrogen-bond donors (Lipinski definition) is 0. The Morgan fingerprint density at radius 2 is 1.96 bits per heavy atom. The Balaban J connectivity index is 1.52. The Morgan fingerprint density at radius 3 is 2.60 bits per heavy atom. The minimum Gasteiger partial charge on any atom is -0.293 e. The van der Waals surface area contributed by atoms with Crippen LogP contribution >= 0.6 is 0 Å². The van der Waals surface area contributed by atoms with Crippen molar-refractivity contribution < 1.29 is 0 Å². The third-order valence-corrected chi connectivity index (χ3v) is 5.95. The molecule has 1 saturated carbocycles. The maximum Gasteiger partial charge on any atom is 0.0885 e. The lowest BCUT2D eigenvalue weighted by Gasteiger charge is -2.35. The molecule has 0 N–H and O–H groups in total. The van der Waals surface area contributed by atoms with Crippen LogP contribution in [0.3, 0.4) is 0 Å². The zero-order valence-electron chi connectivity index (χ0n) is 16.2. The van der Waals surface area contributed by atoms with Crippen molar-refractivity contribution in [1.29, 1.82) is 0 Å². The van der Waals surface area contributed by atoms with Gasteiger partial charge in [0.15, 0.2) is 0 Å². The predicted molar refractivity (Wildman–Crippen MR) is 97.4 cm³/mol. The molecule has 1 aliphatic heterocycles. The molecule has 0 radical (unpaired) electrons. The second kappa shape index (κ2) is 6.24. The smallest absolute Gasteiger partial charge is 0.0885 e. The second-order valence-corrected chi connectivity index (χ2v) is 8.31. The van der Waals surface area contributed by atoms with Crippen molar-refractivity contribution in [3.8, 4) is 0 Å². The molecule has 1 fully saturated rings. The van der Waals surface area contributed by atoms with Gasteiger partial charge in [0.05, 0.1) is 23.1 Å². The molecule has 2 aromatic heterocycles. The standard InChI is InChI=1S/C19H30N6/c1-12(2)24-15(5)17(14(4)21-24)10-23-7-6-18-19(11-23)25(22-20-18)16-8-13(3)9-16/h12-13,16H,6-11H2,1-5H3. The van der Waals surface area contributed by atoms with Crippen LogP contribution in [0.2, 0.25) is 0 Å². The fraction of sp³-hybridized carbons (Fsp3) is 0.737. The molecule has 0 aromatic carbocycles. The normalized spacial score (nSPS) is 23.8. The van der Waals surface area contributed by atoms with Gasteiger partial charge in [-0.05, 0) is 46.5 Å². The second-order valence-electron chi connectivity index (χ2n) is 8.31. The summed E-state index contributed by atoms with van der Waals surface area (Å²) in [6.45, 7) is 14.0. The topological polar surface area (TPSA) is 51.8 Å². The zero-order chi connectivity index (χ0) is 17.7. The van der Waals surface area contributed by atoms with Gasteiger partial charge in [-0.1, -0.05) is 12.1 Å². The molecule has 0 spiro atoms. The highest BCUT2D eigenvalue weighted by molar-refractivity contribution is 5.25. The van der Waals surface area contributed by atoms with Crippen LogP contribution in [0.15, 0.2) is 0 Å². The molecule has 6 nitrogen and oxygen atoms in total. The molecule has 0 unspecified atom stereocenters. The third-order valence-electron chi connectivity index (χ3n) is 5.95. The first-order chi connectivity index (χ1) is 11.9. The lowest BCUT2D eigenvalue weighted by atomic mass is 9.82. The van der Waals surface area contributed by atoms with Crippen molar-refractivity contribution in [3.05, 3.63) is 28.3 Å². The van der Waals surface area contributed by atoms with E-state index in [1.807, 2.05) is 0 Å². The summed E-state index contributed by atoms with van der Waals surface area (Å²) in [6.07, 6.45) is 3.50. The van der Waals surface area contributed by atoms with Crippen LogP contribution in [0.1, 0.15) is 74.0 Å².